The van der Waals surface area contributed by atoms with E-state index in [1.807, 2.05) is 30.3 Å². The number of nitrogens with two attached hydrogens (primary N) is 1. The number of rotatable bonds is 4. The van der Waals surface area contributed by atoms with Gasteiger partial charge in [0.15, 0.2) is 0 Å². The van der Waals surface area contributed by atoms with Gasteiger partial charge in [-0.1, -0.05) is 30.3 Å². The van der Waals surface area contributed by atoms with Crippen molar-refractivity contribution < 1.29 is 14.7 Å². The lowest BCUT2D eigenvalue weighted by molar-refractivity contribution is -0.146. The number of amides is 2. The average Bonchev–Trinajstić information content (AvgIpc) is 2.37. The van der Waals surface area contributed by atoms with Crippen LogP contribution in [0, 0.1) is 0 Å². The summed E-state index contributed by atoms with van der Waals surface area (Å²) in [5.74, 6) is 3.24. The maximum absolute atomic E-state index is 11.6. The number of hydrazine groups is 1. The number of hydrogen-bond donors (Lipinski definition) is 3. The van der Waals surface area contributed by atoms with Crippen molar-refractivity contribution in [1.82, 2.24) is 10.3 Å². The molecule has 0 aliphatic heterocycles. The van der Waals surface area contributed by atoms with Crippen LogP contribution < -0.4 is 11.3 Å². The third kappa shape index (κ3) is 3.86. The zero-order chi connectivity index (χ0) is 12.7. The van der Waals surface area contributed by atoms with Crippen LogP contribution >= 0.6 is 0 Å². The highest BCUT2D eigenvalue weighted by Crippen LogP contribution is 2.04. The van der Waals surface area contributed by atoms with E-state index in [1.54, 1.807) is 5.43 Å². The predicted octanol–water partition coefficient (Wildman–Crippen LogP) is -1.00. The predicted molar refractivity (Wildman–Crippen MR) is 61.3 cm³/mol. The van der Waals surface area contributed by atoms with Crippen molar-refractivity contribution in [2.45, 2.75) is 6.54 Å². The number of hydrogen-bond acceptors (Lipinski definition) is 4. The first-order valence-electron chi connectivity index (χ1n) is 5.13. The number of benzene rings is 1. The van der Waals surface area contributed by atoms with E-state index in [0.29, 0.717) is 0 Å². The van der Waals surface area contributed by atoms with E-state index < -0.39 is 11.8 Å². The van der Waals surface area contributed by atoms with Gasteiger partial charge in [0.1, 0.15) is 0 Å². The Kier molecular flexibility index (Phi) is 5.12. The van der Waals surface area contributed by atoms with Crippen molar-refractivity contribution in [1.29, 1.82) is 0 Å². The molecule has 2 amide bonds. The zero-order valence-corrected chi connectivity index (χ0v) is 9.30. The first-order valence-corrected chi connectivity index (χ1v) is 5.13. The van der Waals surface area contributed by atoms with Gasteiger partial charge < -0.3 is 10.0 Å². The van der Waals surface area contributed by atoms with Gasteiger partial charge >= 0.3 is 11.8 Å². The Morgan fingerprint density at radius 2 is 1.94 bits per heavy atom. The summed E-state index contributed by atoms with van der Waals surface area (Å²) in [6.07, 6.45) is 0. The second-order valence-electron chi connectivity index (χ2n) is 3.41. The number of aliphatic hydroxyl groups excluding tert-OH is 1. The summed E-state index contributed by atoms with van der Waals surface area (Å²) < 4.78 is 0. The third-order valence-corrected chi connectivity index (χ3v) is 2.20. The largest absolute Gasteiger partial charge is 0.395 e. The average molecular weight is 237 g/mol. The van der Waals surface area contributed by atoms with Gasteiger partial charge in [-0.05, 0) is 5.56 Å². The molecular weight excluding hydrogens is 222 g/mol. The maximum atomic E-state index is 11.6. The van der Waals surface area contributed by atoms with E-state index in [1.165, 1.54) is 4.90 Å². The first-order chi connectivity index (χ1) is 8.19. The second-order valence-corrected chi connectivity index (χ2v) is 3.41. The summed E-state index contributed by atoms with van der Waals surface area (Å²) in [5, 5.41) is 8.86. The molecule has 0 aliphatic carbocycles. The molecule has 4 N–H and O–H groups in total. The van der Waals surface area contributed by atoms with E-state index in [9.17, 15) is 9.59 Å². The van der Waals surface area contributed by atoms with E-state index >= 15 is 0 Å². The standard InChI is InChI=1S/C11H15N3O3/c12-13-10(16)11(17)14(6-7-15)8-9-4-2-1-3-5-9/h1-5,15H,6-8,12H2,(H,13,16). The molecule has 0 saturated heterocycles. The lowest BCUT2D eigenvalue weighted by Gasteiger charge is -2.20. The molecule has 0 atom stereocenters. The summed E-state index contributed by atoms with van der Waals surface area (Å²) >= 11 is 0. The van der Waals surface area contributed by atoms with E-state index in [0.717, 1.165) is 5.56 Å². The van der Waals surface area contributed by atoms with Crippen LogP contribution in [0.5, 0.6) is 0 Å². The Hall–Kier alpha value is -1.92. The highest BCUT2D eigenvalue weighted by atomic mass is 16.3. The Morgan fingerprint density at radius 3 is 2.47 bits per heavy atom. The minimum Gasteiger partial charge on any atom is -0.395 e. The molecule has 92 valence electrons. The molecule has 0 aliphatic rings. The minimum absolute atomic E-state index is 0.0845. The van der Waals surface area contributed by atoms with Gasteiger partial charge in [-0.15, -0.1) is 0 Å². The van der Waals surface area contributed by atoms with Crippen LogP contribution in [-0.2, 0) is 16.1 Å². The zero-order valence-electron chi connectivity index (χ0n) is 9.30. The van der Waals surface area contributed by atoms with Gasteiger partial charge in [0.2, 0.25) is 0 Å². The van der Waals surface area contributed by atoms with E-state index in [4.69, 9.17) is 10.9 Å². The molecule has 0 aromatic heterocycles. The van der Waals surface area contributed by atoms with Crippen LogP contribution in [0.25, 0.3) is 0 Å². The lowest BCUT2D eigenvalue weighted by Crippen LogP contribution is -2.46. The van der Waals surface area contributed by atoms with Crippen molar-refractivity contribution in [3.63, 3.8) is 0 Å². The Bertz CT molecular complexity index is 381. The molecule has 0 heterocycles. The molecular formula is C11H15N3O3. The van der Waals surface area contributed by atoms with Crippen LogP contribution in [0.2, 0.25) is 0 Å². The van der Waals surface area contributed by atoms with Crippen molar-refractivity contribution in [2.24, 2.45) is 5.84 Å². The van der Waals surface area contributed by atoms with E-state index in [2.05, 4.69) is 0 Å². The van der Waals surface area contributed by atoms with Crippen LogP contribution in [0.3, 0.4) is 0 Å². The van der Waals surface area contributed by atoms with E-state index in [-0.39, 0.29) is 19.7 Å². The fourth-order valence-corrected chi connectivity index (χ4v) is 1.38. The molecule has 6 heteroatoms. The van der Waals surface area contributed by atoms with Crippen molar-refractivity contribution in [2.75, 3.05) is 13.2 Å². The molecule has 6 nitrogen and oxygen atoms in total. The molecule has 1 rings (SSSR count). The molecule has 0 spiro atoms. The quantitative estimate of drug-likeness (QED) is 0.271. The summed E-state index contributed by atoms with van der Waals surface area (Å²) in [6.45, 7) is 0.130. The lowest BCUT2D eigenvalue weighted by atomic mass is 10.2. The number of carbonyl (C=O) groups excluding carboxylic acids is 2. The van der Waals surface area contributed by atoms with Crippen molar-refractivity contribution in [3.05, 3.63) is 35.9 Å². The molecule has 1 aromatic carbocycles. The second kappa shape index (κ2) is 6.62. The number of nitrogens with zero attached hydrogens (tertiary/aromatic N) is 1. The Labute approximate surface area is 99.0 Å². The van der Waals surface area contributed by atoms with Gasteiger partial charge in [-0.2, -0.15) is 0 Å². The molecule has 17 heavy (non-hydrogen) atoms. The van der Waals surface area contributed by atoms with Crippen LogP contribution in [0.4, 0.5) is 0 Å². The highest BCUT2D eigenvalue weighted by molar-refractivity contribution is 6.34. The first kappa shape index (κ1) is 13.1. The van der Waals surface area contributed by atoms with Crippen LogP contribution in [0.15, 0.2) is 30.3 Å². The van der Waals surface area contributed by atoms with Crippen molar-refractivity contribution in [3.8, 4) is 0 Å². The van der Waals surface area contributed by atoms with Gasteiger partial charge in [0, 0.05) is 13.1 Å². The SMILES string of the molecule is NNC(=O)C(=O)N(CCO)Cc1ccccc1. The van der Waals surface area contributed by atoms with Gasteiger partial charge in [-0.3, -0.25) is 15.0 Å². The number of carbonyl (C=O) groups is 2. The van der Waals surface area contributed by atoms with Crippen LogP contribution in [-0.4, -0.2) is 35.0 Å². The monoisotopic (exact) mass is 237 g/mol. The third-order valence-electron chi connectivity index (χ3n) is 2.20. The molecule has 0 fully saturated rings. The Morgan fingerprint density at radius 1 is 1.29 bits per heavy atom. The smallest absolute Gasteiger partial charge is 0.323 e. The Balaban J connectivity index is 2.73. The summed E-state index contributed by atoms with van der Waals surface area (Å²) in [5.41, 5.74) is 2.65. The molecule has 0 bridgehead atoms. The van der Waals surface area contributed by atoms with Crippen LogP contribution in [0.1, 0.15) is 5.56 Å². The summed E-state index contributed by atoms with van der Waals surface area (Å²) in [4.78, 5) is 23.9. The fraction of sp³-hybridized carbons (Fsp3) is 0.273. The molecule has 0 radical (unpaired) electrons. The fourth-order valence-electron chi connectivity index (χ4n) is 1.38. The topological polar surface area (TPSA) is 95.7 Å². The minimum atomic E-state index is -0.894. The van der Waals surface area contributed by atoms with Gasteiger partial charge in [0.05, 0.1) is 6.61 Å². The molecule has 0 unspecified atom stereocenters. The molecule has 0 saturated carbocycles. The number of nitrogens with one attached hydrogen (secondary N) is 1. The molecule has 1 aromatic rings. The highest BCUT2D eigenvalue weighted by Gasteiger charge is 2.20. The van der Waals surface area contributed by atoms with Gasteiger partial charge in [0.25, 0.3) is 0 Å². The van der Waals surface area contributed by atoms with Gasteiger partial charge in [-0.25, -0.2) is 5.84 Å². The summed E-state index contributed by atoms with van der Waals surface area (Å²) in [6, 6.07) is 9.18. The summed E-state index contributed by atoms with van der Waals surface area (Å²) in [7, 11) is 0. The maximum Gasteiger partial charge on any atom is 0.323 e. The normalized spacial score (nSPS) is 9.76. The van der Waals surface area contributed by atoms with Crippen molar-refractivity contribution >= 4 is 11.8 Å². The number of aliphatic hydroxyl groups is 1.